The highest BCUT2D eigenvalue weighted by Crippen LogP contribution is 2.43. The van der Waals surface area contributed by atoms with Gasteiger partial charge in [0.1, 0.15) is 24.0 Å². The number of carbonyl (C=O) groups excluding carboxylic acids is 1. The molecule has 0 aliphatic carbocycles. The molecule has 0 aromatic heterocycles. The smallest absolute Gasteiger partial charge is 0.325 e. The molecule has 2 saturated heterocycles. The van der Waals surface area contributed by atoms with E-state index in [9.17, 15) is 4.79 Å². The second-order valence-electron chi connectivity index (χ2n) is 5.96. The second kappa shape index (κ2) is 5.78. The second-order valence-corrected chi connectivity index (χ2v) is 5.96. The summed E-state index contributed by atoms with van der Waals surface area (Å²) in [5.74, 6) is 0. The minimum atomic E-state index is -0.599. The predicted octanol–water partition coefficient (Wildman–Crippen LogP) is -0.254. The Morgan fingerprint density at radius 2 is 2.32 bits per heavy atom. The van der Waals surface area contributed by atoms with Crippen molar-refractivity contribution in [2.24, 2.45) is 5.73 Å². The molecule has 3 heterocycles. The fraction of sp³-hybridized carbons (Fsp3) is 0.786. The van der Waals surface area contributed by atoms with Crippen molar-refractivity contribution in [2.45, 2.75) is 43.5 Å². The number of methoxy groups -OCH3 is 2. The molecule has 2 amide bonds. The van der Waals surface area contributed by atoms with Crippen LogP contribution in [0.3, 0.4) is 0 Å². The van der Waals surface area contributed by atoms with Gasteiger partial charge in [0.25, 0.3) is 0 Å². The van der Waals surface area contributed by atoms with Gasteiger partial charge in [0.2, 0.25) is 0 Å². The Bertz CT molecular complexity index is 481. The van der Waals surface area contributed by atoms with E-state index in [1.807, 2.05) is 6.92 Å². The topological polar surface area (TPSA) is 95.3 Å². The van der Waals surface area contributed by atoms with Crippen LogP contribution in [-0.2, 0) is 18.9 Å². The zero-order chi connectivity index (χ0) is 15.9. The minimum absolute atomic E-state index is 0.289. The molecule has 2 bridgehead atoms. The fourth-order valence-corrected chi connectivity index (χ4v) is 3.43. The van der Waals surface area contributed by atoms with Crippen LogP contribution in [0.25, 0.3) is 0 Å². The van der Waals surface area contributed by atoms with E-state index in [4.69, 9.17) is 24.7 Å². The van der Waals surface area contributed by atoms with E-state index in [0.717, 1.165) is 5.57 Å². The van der Waals surface area contributed by atoms with Crippen LogP contribution in [0.5, 0.6) is 0 Å². The van der Waals surface area contributed by atoms with Crippen LogP contribution in [0.2, 0.25) is 0 Å². The maximum Gasteiger partial charge on any atom is 0.325 e. The highest BCUT2D eigenvalue weighted by Gasteiger charge is 2.61. The maximum atomic E-state index is 12.3. The molecule has 8 heteroatoms. The highest BCUT2D eigenvalue weighted by molar-refractivity contribution is 5.77. The molecule has 3 N–H and O–H groups in total. The number of urea groups is 1. The number of hydrogen-bond donors (Lipinski definition) is 2. The molecule has 0 aromatic carbocycles. The van der Waals surface area contributed by atoms with Gasteiger partial charge in [-0.25, -0.2) is 4.79 Å². The number of hydrogen-bond acceptors (Lipinski definition) is 6. The van der Waals surface area contributed by atoms with Gasteiger partial charge in [0, 0.05) is 26.8 Å². The Hall–Kier alpha value is -1.19. The monoisotopic (exact) mass is 313 g/mol. The summed E-state index contributed by atoms with van der Waals surface area (Å²) >= 11 is 0. The number of carbonyl (C=O) groups is 1. The summed E-state index contributed by atoms with van der Waals surface area (Å²) < 4.78 is 23.0. The Morgan fingerprint density at radius 1 is 1.55 bits per heavy atom. The zero-order valence-corrected chi connectivity index (χ0v) is 13.1. The predicted molar refractivity (Wildman–Crippen MR) is 76.7 cm³/mol. The highest BCUT2D eigenvalue weighted by atomic mass is 16.6. The molecule has 3 rings (SSSR count). The van der Waals surface area contributed by atoms with Crippen molar-refractivity contribution < 1.29 is 23.7 Å². The van der Waals surface area contributed by atoms with Crippen LogP contribution >= 0.6 is 0 Å². The van der Waals surface area contributed by atoms with Crippen LogP contribution in [0.4, 0.5) is 4.79 Å². The number of fused-ring (bicyclic) bond motifs is 2. The lowest BCUT2D eigenvalue weighted by molar-refractivity contribution is -0.160. The van der Waals surface area contributed by atoms with Crippen LogP contribution in [-0.4, -0.2) is 68.6 Å². The largest absolute Gasteiger partial charge is 0.382 e. The minimum Gasteiger partial charge on any atom is -0.382 e. The molecule has 124 valence electrons. The van der Waals surface area contributed by atoms with Crippen molar-refractivity contribution in [2.75, 3.05) is 27.4 Å². The standard InChI is InChI=1S/C14H23N3O5/c1-8-6-17(13(18)16-11(8)15)12-9-10(20-3)14(22-12,7-19-2)4-5-21-9/h6,9-12H,4-5,7,15H2,1-3H3,(H,16,18)/t9?,10?,11?,12-,14+/m1/s1. The third-order valence-electron chi connectivity index (χ3n) is 4.55. The van der Waals surface area contributed by atoms with Crippen molar-refractivity contribution in [3.63, 3.8) is 0 Å². The van der Waals surface area contributed by atoms with Crippen LogP contribution < -0.4 is 11.1 Å². The third kappa shape index (κ3) is 2.31. The van der Waals surface area contributed by atoms with Crippen LogP contribution in [0.1, 0.15) is 13.3 Å². The third-order valence-corrected chi connectivity index (χ3v) is 4.55. The van der Waals surface area contributed by atoms with E-state index >= 15 is 0 Å². The quantitative estimate of drug-likeness (QED) is 0.743. The first-order valence-electron chi connectivity index (χ1n) is 7.36. The molecule has 0 saturated carbocycles. The fourth-order valence-electron chi connectivity index (χ4n) is 3.43. The number of nitrogens with two attached hydrogens (primary N) is 1. The summed E-state index contributed by atoms with van der Waals surface area (Å²) in [4.78, 5) is 13.8. The van der Waals surface area contributed by atoms with Gasteiger partial charge >= 0.3 is 6.03 Å². The molecular weight excluding hydrogens is 290 g/mol. The van der Waals surface area contributed by atoms with Crippen molar-refractivity contribution in [1.29, 1.82) is 0 Å². The summed E-state index contributed by atoms with van der Waals surface area (Å²) in [6, 6.07) is -0.304. The molecule has 5 atom stereocenters. The summed E-state index contributed by atoms with van der Waals surface area (Å²) in [6.07, 6.45) is 0.679. The van der Waals surface area contributed by atoms with E-state index in [1.54, 1.807) is 20.4 Å². The summed E-state index contributed by atoms with van der Waals surface area (Å²) in [5, 5.41) is 2.70. The van der Waals surface area contributed by atoms with Crippen LogP contribution in [0, 0.1) is 0 Å². The van der Waals surface area contributed by atoms with E-state index in [2.05, 4.69) is 5.32 Å². The molecule has 0 aromatic rings. The molecule has 3 unspecified atom stereocenters. The van der Waals surface area contributed by atoms with Crippen molar-refractivity contribution >= 4 is 6.03 Å². The van der Waals surface area contributed by atoms with E-state index in [-0.39, 0.29) is 18.2 Å². The van der Waals surface area contributed by atoms with Crippen LogP contribution in [0.15, 0.2) is 11.8 Å². The van der Waals surface area contributed by atoms with E-state index in [0.29, 0.717) is 19.6 Å². The van der Waals surface area contributed by atoms with E-state index < -0.39 is 18.0 Å². The Kier molecular flexibility index (Phi) is 4.13. The van der Waals surface area contributed by atoms with Gasteiger partial charge in [0.05, 0.1) is 13.2 Å². The first kappa shape index (κ1) is 15.7. The molecule has 0 spiro atoms. The van der Waals surface area contributed by atoms with Gasteiger partial charge in [-0.05, 0) is 12.5 Å². The maximum absolute atomic E-state index is 12.3. The van der Waals surface area contributed by atoms with Gasteiger partial charge in [-0.15, -0.1) is 0 Å². The molecular formula is C14H23N3O5. The Morgan fingerprint density at radius 3 is 3.00 bits per heavy atom. The number of nitrogens with one attached hydrogen (secondary N) is 1. The number of nitrogens with zero attached hydrogens (tertiary/aromatic N) is 1. The lowest BCUT2D eigenvalue weighted by atomic mass is 9.90. The summed E-state index contributed by atoms with van der Waals surface area (Å²) in [7, 11) is 3.25. The molecule has 0 radical (unpaired) electrons. The van der Waals surface area contributed by atoms with Crippen molar-refractivity contribution in [3.05, 3.63) is 11.8 Å². The molecule has 2 fully saturated rings. The SMILES string of the molecule is COC[C@@]12CCOC(C1OC)[C@H](N1C=C(C)C(N)NC1=O)O2. The van der Waals surface area contributed by atoms with Gasteiger partial charge in [0.15, 0.2) is 6.23 Å². The van der Waals surface area contributed by atoms with Gasteiger partial charge < -0.3 is 30.0 Å². The number of amides is 2. The Labute approximate surface area is 129 Å². The van der Waals surface area contributed by atoms with Crippen molar-refractivity contribution in [1.82, 2.24) is 10.2 Å². The first-order valence-corrected chi connectivity index (χ1v) is 7.36. The van der Waals surface area contributed by atoms with Gasteiger partial charge in [-0.2, -0.15) is 0 Å². The molecule has 8 nitrogen and oxygen atoms in total. The first-order chi connectivity index (χ1) is 10.5. The lowest BCUT2D eigenvalue weighted by Gasteiger charge is -2.37. The molecule has 3 aliphatic heterocycles. The normalized spacial score (nSPS) is 41.4. The number of ether oxygens (including phenoxy) is 4. The Balaban J connectivity index is 1.90. The van der Waals surface area contributed by atoms with E-state index in [1.165, 1.54) is 4.90 Å². The lowest BCUT2D eigenvalue weighted by Crippen LogP contribution is -2.57. The summed E-state index contributed by atoms with van der Waals surface area (Å²) in [5.41, 5.74) is 6.07. The number of rotatable bonds is 4. The zero-order valence-electron chi connectivity index (χ0n) is 13.1. The van der Waals surface area contributed by atoms with Gasteiger partial charge in [-0.3, -0.25) is 4.90 Å². The summed E-state index contributed by atoms with van der Waals surface area (Å²) in [6.45, 7) is 2.79. The molecule has 22 heavy (non-hydrogen) atoms. The average Bonchev–Trinajstić information content (AvgIpc) is 2.65. The average molecular weight is 313 g/mol. The molecule has 3 aliphatic rings. The van der Waals surface area contributed by atoms with Gasteiger partial charge in [-0.1, -0.05) is 0 Å². The van der Waals surface area contributed by atoms with Crippen molar-refractivity contribution in [3.8, 4) is 0 Å².